The molecule has 8 nitrogen and oxygen atoms in total. The molecule has 0 radical (unpaired) electrons. The molecule has 0 spiro atoms. The first-order valence-corrected chi connectivity index (χ1v) is 7.86. The van der Waals surface area contributed by atoms with Gasteiger partial charge in [0.15, 0.2) is 0 Å². The molecular formula is C12H9BrN6O2S. The molecule has 0 atom stereocenters. The largest absolute Gasteiger partial charge is 0.411 e. The number of hydrogen-bond acceptors (Lipinski definition) is 7. The van der Waals surface area contributed by atoms with Crippen molar-refractivity contribution >= 4 is 39.5 Å². The van der Waals surface area contributed by atoms with Gasteiger partial charge in [0, 0.05) is 4.47 Å². The van der Waals surface area contributed by atoms with Gasteiger partial charge in [0.1, 0.15) is 6.33 Å². The topological polar surface area (TPSA) is 110 Å². The lowest BCUT2D eigenvalue weighted by atomic mass is 10.2. The highest BCUT2D eigenvalue weighted by atomic mass is 79.9. The minimum absolute atomic E-state index is 0.123. The molecule has 2 N–H and O–H groups in total. The molecule has 3 aromatic rings. The molecule has 0 saturated carbocycles. The van der Waals surface area contributed by atoms with Crippen LogP contribution in [0.4, 0.5) is 5.95 Å². The van der Waals surface area contributed by atoms with Crippen molar-refractivity contribution in [2.75, 3.05) is 11.1 Å². The Morgan fingerprint density at radius 1 is 1.36 bits per heavy atom. The van der Waals surface area contributed by atoms with Crippen LogP contribution in [0.5, 0.6) is 0 Å². The monoisotopic (exact) mass is 380 g/mol. The first-order chi connectivity index (χ1) is 10.7. The Morgan fingerprint density at radius 3 is 3.00 bits per heavy atom. The van der Waals surface area contributed by atoms with Gasteiger partial charge >= 0.3 is 0 Å². The van der Waals surface area contributed by atoms with Crippen molar-refractivity contribution in [1.29, 1.82) is 0 Å². The zero-order valence-corrected chi connectivity index (χ0v) is 13.4. The Kier molecular flexibility index (Phi) is 4.49. The highest BCUT2D eigenvalue weighted by Crippen LogP contribution is 2.28. The predicted molar refractivity (Wildman–Crippen MR) is 83.2 cm³/mol. The third-order valence-corrected chi connectivity index (χ3v) is 4.02. The third-order valence-electron chi connectivity index (χ3n) is 2.51. The van der Waals surface area contributed by atoms with Crippen molar-refractivity contribution in [3.8, 4) is 11.5 Å². The van der Waals surface area contributed by atoms with E-state index in [1.54, 1.807) is 0 Å². The van der Waals surface area contributed by atoms with E-state index in [0.29, 0.717) is 17.1 Å². The van der Waals surface area contributed by atoms with Crippen molar-refractivity contribution in [2.45, 2.75) is 5.22 Å². The van der Waals surface area contributed by atoms with E-state index in [4.69, 9.17) is 4.42 Å². The van der Waals surface area contributed by atoms with Gasteiger partial charge in [0.2, 0.25) is 17.7 Å². The van der Waals surface area contributed by atoms with E-state index in [1.807, 2.05) is 24.3 Å². The van der Waals surface area contributed by atoms with Crippen molar-refractivity contribution in [1.82, 2.24) is 25.4 Å². The lowest BCUT2D eigenvalue weighted by Gasteiger charge is -1.99. The number of H-pyrrole nitrogens is 1. The smallest absolute Gasteiger partial charge is 0.277 e. The number of aromatic amines is 1. The maximum Gasteiger partial charge on any atom is 0.277 e. The van der Waals surface area contributed by atoms with E-state index in [1.165, 1.54) is 6.33 Å². The number of nitrogens with one attached hydrogen (secondary N) is 2. The number of nitrogens with zero attached hydrogens (tertiary/aromatic N) is 4. The van der Waals surface area contributed by atoms with Gasteiger partial charge in [-0.25, -0.2) is 5.10 Å². The Morgan fingerprint density at radius 2 is 2.23 bits per heavy atom. The number of rotatable bonds is 5. The van der Waals surface area contributed by atoms with Crippen LogP contribution in [0.2, 0.25) is 0 Å². The minimum Gasteiger partial charge on any atom is -0.411 e. The number of hydrogen-bond donors (Lipinski definition) is 2. The second-order valence-corrected chi connectivity index (χ2v) is 5.80. The SMILES string of the molecule is O=C(CSc1nnc(-c2ccccc2Br)o1)Nc1ncn[nH]1. The van der Waals surface area contributed by atoms with E-state index in [2.05, 4.69) is 46.6 Å². The first-order valence-electron chi connectivity index (χ1n) is 6.09. The average Bonchev–Trinajstić information content (AvgIpc) is 3.17. The van der Waals surface area contributed by atoms with Gasteiger partial charge in [0.25, 0.3) is 5.22 Å². The summed E-state index contributed by atoms with van der Waals surface area (Å²) in [5, 5.41) is 16.9. The second kappa shape index (κ2) is 6.71. The molecule has 3 rings (SSSR count). The molecule has 112 valence electrons. The number of thioether (sulfide) groups is 1. The summed E-state index contributed by atoms with van der Waals surface area (Å²) in [6.45, 7) is 0. The highest BCUT2D eigenvalue weighted by molar-refractivity contribution is 9.10. The van der Waals surface area contributed by atoms with Crippen LogP contribution < -0.4 is 5.32 Å². The molecule has 0 bridgehead atoms. The van der Waals surface area contributed by atoms with Crippen LogP contribution in [-0.4, -0.2) is 37.0 Å². The number of benzene rings is 1. The Balaban J connectivity index is 1.60. The molecular weight excluding hydrogens is 372 g/mol. The summed E-state index contributed by atoms with van der Waals surface area (Å²) in [6, 6.07) is 7.52. The molecule has 1 amide bonds. The Bertz CT molecular complexity index is 776. The van der Waals surface area contributed by atoms with Crippen LogP contribution in [0, 0.1) is 0 Å². The predicted octanol–water partition coefficient (Wildman–Crippen LogP) is 2.35. The standard InChI is InChI=1S/C12H9BrN6O2S/c13-8-4-2-1-3-7(8)10-17-19-12(21-10)22-5-9(20)16-11-14-6-15-18-11/h1-4,6H,5H2,(H2,14,15,16,18,20). The summed E-state index contributed by atoms with van der Waals surface area (Å²) in [6.07, 6.45) is 1.31. The van der Waals surface area contributed by atoms with E-state index in [0.717, 1.165) is 21.8 Å². The number of carbonyl (C=O) groups excluding carboxylic acids is 1. The molecule has 0 saturated heterocycles. The highest BCUT2D eigenvalue weighted by Gasteiger charge is 2.13. The summed E-state index contributed by atoms with van der Waals surface area (Å²) in [7, 11) is 0. The normalized spacial score (nSPS) is 10.6. The van der Waals surface area contributed by atoms with Gasteiger partial charge in [-0.15, -0.1) is 10.2 Å². The van der Waals surface area contributed by atoms with E-state index >= 15 is 0 Å². The van der Waals surface area contributed by atoms with Gasteiger partial charge in [-0.3, -0.25) is 10.1 Å². The fraction of sp³-hybridized carbons (Fsp3) is 0.0833. The van der Waals surface area contributed by atoms with Gasteiger partial charge in [-0.2, -0.15) is 10.1 Å². The van der Waals surface area contributed by atoms with Gasteiger partial charge < -0.3 is 4.42 Å². The average molecular weight is 381 g/mol. The Labute approximate surface area is 137 Å². The van der Waals surface area contributed by atoms with E-state index in [9.17, 15) is 4.79 Å². The van der Waals surface area contributed by atoms with Gasteiger partial charge in [-0.05, 0) is 28.1 Å². The van der Waals surface area contributed by atoms with Crippen molar-refractivity contribution < 1.29 is 9.21 Å². The zero-order chi connectivity index (χ0) is 15.4. The van der Waals surface area contributed by atoms with Crippen molar-refractivity contribution in [3.63, 3.8) is 0 Å². The molecule has 22 heavy (non-hydrogen) atoms. The van der Waals surface area contributed by atoms with E-state index < -0.39 is 0 Å². The molecule has 2 aromatic heterocycles. The second-order valence-electron chi connectivity index (χ2n) is 4.02. The summed E-state index contributed by atoms with van der Waals surface area (Å²) in [4.78, 5) is 15.5. The molecule has 0 aliphatic carbocycles. The quantitative estimate of drug-likeness (QED) is 0.653. The third kappa shape index (κ3) is 3.52. The van der Waals surface area contributed by atoms with Crippen LogP contribution in [0.3, 0.4) is 0 Å². The molecule has 2 heterocycles. The van der Waals surface area contributed by atoms with Crippen LogP contribution >= 0.6 is 27.7 Å². The first kappa shape index (κ1) is 14.7. The van der Waals surface area contributed by atoms with E-state index in [-0.39, 0.29) is 11.7 Å². The number of aromatic nitrogens is 5. The molecule has 0 aliphatic heterocycles. The molecule has 1 aromatic carbocycles. The zero-order valence-electron chi connectivity index (χ0n) is 11.0. The molecule has 0 fully saturated rings. The summed E-state index contributed by atoms with van der Waals surface area (Å²) in [5.41, 5.74) is 0.799. The van der Waals surface area contributed by atoms with Crippen molar-refractivity contribution in [3.05, 3.63) is 35.1 Å². The number of amides is 1. The van der Waals surface area contributed by atoms with Crippen molar-refractivity contribution in [2.24, 2.45) is 0 Å². The minimum atomic E-state index is -0.248. The molecule has 0 unspecified atom stereocenters. The Hall–Kier alpha value is -2.20. The number of halogens is 1. The molecule has 10 heteroatoms. The van der Waals surface area contributed by atoms with Crippen LogP contribution in [-0.2, 0) is 4.79 Å². The lowest BCUT2D eigenvalue weighted by Crippen LogP contribution is -2.15. The van der Waals surface area contributed by atoms with Crippen LogP contribution in [0.25, 0.3) is 11.5 Å². The lowest BCUT2D eigenvalue weighted by molar-refractivity contribution is -0.113. The molecule has 0 aliphatic rings. The van der Waals surface area contributed by atoms with Gasteiger partial charge in [-0.1, -0.05) is 23.9 Å². The van der Waals surface area contributed by atoms with Crippen LogP contribution in [0.1, 0.15) is 0 Å². The maximum atomic E-state index is 11.7. The summed E-state index contributed by atoms with van der Waals surface area (Å²) >= 11 is 4.56. The summed E-state index contributed by atoms with van der Waals surface area (Å²) in [5.74, 6) is 0.566. The maximum absolute atomic E-state index is 11.7. The number of anilines is 1. The summed E-state index contributed by atoms with van der Waals surface area (Å²) < 4.78 is 6.39. The fourth-order valence-electron chi connectivity index (χ4n) is 1.57. The number of carbonyl (C=O) groups is 1. The van der Waals surface area contributed by atoms with Crippen LogP contribution in [0.15, 0.2) is 44.7 Å². The fourth-order valence-corrected chi connectivity index (χ4v) is 2.59. The van der Waals surface area contributed by atoms with Gasteiger partial charge in [0.05, 0.1) is 11.3 Å².